The van der Waals surface area contributed by atoms with E-state index in [1.54, 1.807) is 6.07 Å². The lowest BCUT2D eigenvalue weighted by molar-refractivity contribution is 0.0696. The summed E-state index contributed by atoms with van der Waals surface area (Å²) in [6.45, 7) is 0. The highest BCUT2D eigenvalue weighted by atomic mass is 127. The Morgan fingerprint density at radius 2 is 1.52 bits per heavy atom. The summed E-state index contributed by atoms with van der Waals surface area (Å²) < 4.78 is 0.942. The summed E-state index contributed by atoms with van der Waals surface area (Å²) in [6.07, 6.45) is 0. The predicted octanol–water partition coefficient (Wildman–Crippen LogP) is 5.35. The highest BCUT2D eigenvalue weighted by molar-refractivity contribution is 14.1. The van der Waals surface area contributed by atoms with Crippen LogP contribution < -0.4 is 5.32 Å². The number of H-pyrrole nitrogens is 1. The van der Waals surface area contributed by atoms with Crippen LogP contribution in [0.3, 0.4) is 0 Å². The summed E-state index contributed by atoms with van der Waals surface area (Å²) in [7, 11) is 0. The second-order valence-electron chi connectivity index (χ2n) is 6.93. The Morgan fingerprint density at radius 3 is 2.18 bits per heavy atom. The molecule has 0 unspecified atom stereocenters. The van der Waals surface area contributed by atoms with Crippen molar-refractivity contribution in [3.63, 3.8) is 0 Å². The maximum absolute atomic E-state index is 12.4. The maximum Gasteiger partial charge on any atom is 0.335 e. The molecule has 9 nitrogen and oxygen atoms in total. The lowest BCUT2D eigenvalue weighted by Crippen LogP contribution is -2.12. The monoisotopic (exact) mass is 554 g/mol. The molecule has 10 heteroatoms. The molecule has 4 N–H and O–H groups in total. The Labute approximate surface area is 200 Å². The fourth-order valence-corrected chi connectivity index (χ4v) is 3.54. The summed E-state index contributed by atoms with van der Waals surface area (Å²) in [4.78, 5) is 38.4. The Bertz CT molecular complexity index is 1410. The van der Waals surface area contributed by atoms with Crippen LogP contribution in [-0.4, -0.2) is 33.0 Å². The average molecular weight is 554 g/mol. The average Bonchev–Trinajstić information content (AvgIpc) is 3.12. The number of carbonyl (C=O) groups excluding carboxylic acids is 2. The molecule has 0 bridgehead atoms. The summed E-state index contributed by atoms with van der Waals surface area (Å²) >= 11 is 2.14. The third kappa shape index (κ3) is 4.90. The first-order valence-corrected chi connectivity index (χ1v) is 10.6. The van der Waals surface area contributed by atoms with Gasteiger partial charge in [0.25, 0.3) is 11.8 Å². The van der Waals surface area contributed by atoms with Gasteiger partial charge in [-0.1, -0.05) is 0 Å². The molecule has 0 aliphatic carbocycles. The summed E-state index contributed by atoms with van der Waals surface area (Å²) in [6, 6.07) is 17.1. The molecule has 33 heavy (non-hydrogen) atoms. The molecule has 0 atom stereocenters. The number of rotatable bonds is 5. The minimum atomic E-state index is -1.07. The van der Waals surface area contributed by atoms with E-state index in [1.807, 2.05) is 12.1 Å². The van der Waals surface area contributed by atoms with Gasteiger partial charge in [0, 0.05) is 25.8 Å². The van der Waals surface area contributed by atoms with Crippen LogP contribution in [0, 0.1) is 3.57 Å². The number of nitrogens with one attached hydrogen (secondary N) is 2. The number of anilines is 1. The van der Waals surface area contributed by atoms with Gasteiger partial charge in [0.2, 0.25) is 5.88 Å². The number of aromatic hydroxyl groups is 1. The third-order valence-electron chi connectivity index (χ3n) is 4.74. The molecule has 3 aromatic carbocycles. The van der Waals surface area contributed by atoms with Crippen LogP contribution in [0.2, 0.25) is 0 Å². The van der Waals surface area contributed by atoms with E-state index >= 15 is 0 Å². The molecule has 0 saturated heterocycles. The molecule has 0 radical (unpaired) electrons. The van der Waals surface area contributed by atoms with Crippen LogP contribution in [-0.2, 0) is 0 Å². The zero-order valence-corrected chi connectivity index (χ0v) is 18.9. The van der Waals surface area contributed by atoms with Gasteiger partial charge in [-0.15, -0.1) is 10.2 Å². The first-order valence-electron chi connectivity index (χ1n) is 9.53. The fourth-order valence-electron chi connectivity index (χ4n) is 3.05. The number of aromatic amines is 1. The van der Waals surface area contributed by atoms with Crippen molar-refractivity contribution in [3.05, 3.63) is 87.0 Å². The Morgan fingerprint density at radius 1 is 0.879 bits per heavy atom. The standard InChI is InChI=1S/C23H15IN4O5/c24-15-7-10-18-17(11-15)19(22(31)26-18)27-28-21(30)13-5-8-16(9-6-13)25-20(29)12-1-3-14(4-2-12)23(32)33/h1-11,26,31H,(H,25,29)(H,32,33). The number of carboxylic acids is 1. The number of nitrogens with zero attached hydrogens (tertiary/aromatic N) is 2. The van der Waals surface area contributed by atoms with Crippen molar-refractivity contribution in [2.24, 2.45) is 10.2 Å². The van der Waals surface area contributed by atoms with E-state index in [1.165, 1.54) is 48.5 Å². The number of azo groups is 1. The molecule has 1 heterocycles. The maximum atomic E-state index is 12.4. The first-order chi connectivity index (χ1) is 15.8. The van der Waals surface area contributed by atoms with Crippen molar-refractivity contribution in [3.8, 4) is 5.88 Å². The quantitative estimate of drug-likeness (QED) is 0.194. The molecule has 0 aliphatic heterocycles. The topological polar surface area (TPSA) is 144 Å². The lowest BCUT2D eigenvalue weighted by atomic mass is 10.1. The van der Waals surface area contributed by atoms with Crippen molar-refractivity contribution < 1.29 is 24.6 Å². The zero-order valence-electron chi connectivity index (χ0n) is 16.7. The molecule has 1 aromatic heterocycles. The van der Waals surface area contributed by atoms with Crippen LogP contribution in [0.1, 0.15) is 31.1 Å². The van der Waals surface area contributed by atoms with Crippen molar-refractivity contribution in [1.82, 2.24) is 4.98 Å². The van der Waals surface area contributed by atoms with Crippen LogP contribution in [0.25, 0.3) is 10.9 Å². The second-order valence-corrected chi connectivity index (χ2v) is 8.18. The minimum Gasteiger partial charge on any atom is -0.493 e. The van der Waals surface area contributed by atoms with E-state index in [0.717, 1.165) is 3.57 Å². The van der Waals surface area contributed by atoms with Crippen molar-refractivity contribution in [2.45, 2.75) is 0 Å². The van der Waals surface area contributed by atoms with E-state index in [4.69, 9.17) is 5.11 Å². The lowest BCUT2D eigenvalue weighted by Gasteiger charge is -2.06. The van der Waals surface area contributed by atoms with Crippen molar-refractivity contribution in [2.75, 3.05) is 5.32 Å². The summed E-state index contributed by atoms with van der Waals surface area (Å²) in [5.41, 5.74) is 1.92. The number of aromatic nitrogens is 1. The number of halogens is 1. The molecule has 0 aliphatic rings. The van der Waals surface area contributed by atoms with Crippen LogP contribution in [0.5, 0.6) is 5.88 Å². The fraction of sp³-hybridized carbons (Fsp3) is 0. The van der Waals surface area contributed by atoms with Gasteiger partial charge in [0.1, 0.15) is 0 Å². The Kier molecular flexibility index (Phi) is 6.18. The van der Waals surface area contributed by atoms with Gasteiger partial charge in [-0.3, -0.25) is 9.59 Å². The van der Waals surface area contributed by atoms with E-state index < -0.39 is 17.8 Å². The molecule has 4 rings (SSSR count). The van der Waals surface area contributed by atoms with Gasteiger partial charge >= 0.3 is 5.97 Å². The van der Waals surface area contributed by atoms with Gasteiger partial charge < -0.3 is 20.5 Å². The third-order valence-corrected chi connectivity index (χ3v) is 5.41. The highest BCUT2D eigenvalue weighted by Crippen LogP contribution is 2.36. The molecule has 0 saturated carbocycles. The van der Waals surface area contributed by atoms with Gasteiger partial charge in [0.15, 0.2) is 5.69 Å². The molecule has 4 aromatic rings. The first kappa shape index (κ1) is 22.1. The minimum absolute atomic E-state index is 0.0827. The number of amides is 2. The van der Waals surface area contributed by atoms with Gasteiger partial charge in [-0.05, 0) is 89.3 Å². The Balaban J connectivity index is 1.45. The highest BCUT2D eigenvalue weighted by Gasteiger charge is 2.13. The van der Waals surface area contributed by atoms with E-state index in [-0.39, 0.29) is 22.7 Å². The molecular formula is C23H15IN4O5. The van der Waals surface area contributed by atoms with Crippen molar-refractivity contribution >= 4 is 62.7 Å². The van der Waals surface area contributed by atoms with Gasteiger partial charge in [-0.25, -0.2) is 4.79 Å². The normalized spacial score (nSPS) is 11.1. The smallest absolute Gasteiger partial charge is 0.335 e. The van der Waals surface area contributed by atoms with Crippen LogP contribution >= 0.6 is 22.6 Å². The number of carbonyl (C=O) groups is 3. The van der Waals surface area contributed by atoms with Crippen molar-refractivity contribution in [1.29, 1.82) is 0 Å². The molecular weight excluding hydrogens is 539 g/mol. The van der Waals surface area contributed by atoms with Gasteiger partial charge in [-0.2, -0.15) is 0 Å². The number of carboxylic acid groups (broad SMARTS) is 1. The number of aromatic carboxylic acids is 1. The van der Waals surface area contributed by atoms with Gasteiger partial charge in [0.05, 0.1) is 11.1 Å². The van der Waals surface area contributed by atoms with E-state index in [9.17, 15) is 19.5 Å². The number of hydrogen-bond donors (Lipinski definition) is 4. The molecule has 0 spiro atoms. The predicted molar refractivity (Wildman–Crippen MR) is 129 cm³/mol. The van der Waals surface area contributed by atoms with Crippen LogP contribution in [0.4, 0.5) is 11.4 Å². The molecule has 2 amide bonds. The Hall–Kier alpha value is -4.06. The number of hydrogen-bond acceptors (Lipinski definition) is 5. The number of benzene rings is 3. The summed E-state index contributed by atoms with van der Waals surface area (Å²) in [5.74, 6) is -2.29. The second kappa shape index (κ2) is 9.20. The molecule has 164 valence electrons. The molecule has 0 fully saturated rings. The summed E-state index contributed by atoms with van der Waals surface area (Å²) in [5, 5.41) is 29.9. The van der Waals surface area contributed by atoms with E-state index in [2.05, 4.69) is 43.1 Å². The van der Waals surface area contributed by atoms with E-state index in [0.29, 0.717) is 22.2 Å². The number of fused-ring (bicyclic) bond motifs is 1. The van der Waals surface area contributed by atoms with Crippen LogP contribution in [0.15, 0.2) is 77.0 Å². The zero-order chi connectivity index (χ0) is 23.5. The largest absolute Gasteiger partial charge is 0.493 e. The SMILES string of the molecule is O=C(O)c1ccc(C(=O)Nc2ccc(C(=O)N=Nc3c(O)[nH]c4ccc(I)cc34)cc2)cc1.